The van der Waals surface area contributed by atoms with Gasteiger partial charge in [-0.25, -0.2) is 4.79 Å². The van der Waals surface area contributed by atoms with Gasteiger partial charge in [0.15, 0.2) is 0 Å². The second-order valence-electron chi connectivity index (χ2n) is 4.50. The summed E-state index contributed by atoms with van der Waals surface area (Å²) < 4.78 is 0. The highest BCUT2D eigenvalue weighted by atomic mass is 16.4. The van der Waals surface area contributed by atoms with Crippen molar-refractivity contribution in [2.75, 3.05) is 5.32 Å². The van der Waals surface area contributed by atoms with Crippen molar-refractivity contribution in [2.45, 2.75) is 32.6 Å². The van der Waals surface area contributed by atoms with Gasteiger partial charge in [0.25, 0.3) is 0 Å². The van der Waals surface area contributed by atoms with E-state index < -0.39 is 11.9 Å². The smallest absolute Gasteiger partial charge is 0.337 e. The molecule has 0 aromatic heterocycles. The topological polar surface area (TPSA) is 104 Å². The van der Waals surface area contributed by atoms with Gasteiger partial charge in [-0.2, -0.15) is 0 Å². The molecule has 0 bridgehead atoms. The Morgan fingerprint density at radius 3 is 2.35 bits per heavy atom. The number of carboxylic acid groups (broad SMARTS) is 2. The normalized spacial score (nSPS) is 10.1. The standard InChI is InChI=1S/C14H17NO5/c1-9-6-7-10(14(19)20)11(8-9)15-12(16)4-2-3-5-13(17)18/h6-8H,2-5H2,1H3,(H,15,16)(H,17,18)(H,19,20). The molecule has 6 nitrogen and oxygen atoms in total. The third kappa shape index (κ3) is 5.09. The molecule has 1 aromatic rings. The summed E-state index contributed by atoms with van der Waals surface area (Å²) >= 11 is 0. The van der Waals surface area contributed by atoms with Crippen LogP contribution in [0, 0.1) is 6.92 Å². The third-order valence-electron chi connectivity index (χ3n) is 2.72. The largest absolute Gasteiger partial charge is 0.481 e. The second-order valence-corrected chi connectivity index (χ2v) is 4.50. The molecule has 0 fully saturated rings. The van der Waals surface area contributed by atoms with Crippen LogP contribution in [0.3, 0.4) is 0 Å². The van der Waals surface area contributed by atoms with Crippen molar-refractivity contribution in [1.82, 2.24) is 0 Å². The molecule has 1 amide bonds. The zero-order chi connectivity index (χ0) is 15.1. The van der Waals surface area contributed by atoms with E-state index in [-0.39, 0.29) is 30.0 Å². The molecule has 0 saturated heterocycles. The number of carbonyl (C=O) groups excluding carboxylic acids is 1. The van der Waals surface area contributed by atoms with E-state index in [1.807, 2.05) is 0 Å². The molecule has 0 spiro atoms. The van der Waals surface area contributed by atoms with Gasteiger partial charge in [-0.3, -0.25) is 9.59 Å². The van der Waals surface area contributed by atoms with E-state index in [2.05, 4.69) is 5.32 Å². The lowest BCUT2D eigenvalue weighted by Gasteiger charge is -2.09. The first kappa shape index (κ1) is 15.7. The lowest BCUT2D eigenvalue weighted by Crippen LogP contribution is -2.14. The molecule has 6 heteroatoms. The first-order valence-corrected chi connectivity index (χ1v) is 6.25. The number of amides is 1. The monoisotopic (exact) mass is 279 g/mol. The zero-order valence-corrected chi connectivity index (χ0v) is 11.2. The average molecular weight is 279 g/mol. The number of hydrogen-bond acceptors (Lipinski definition) is 3. The summed E-state index contributed by atoms with van der Waals surface area (Å²) in [5, 5.41) is 20.1. The van der Waals surface area contributed by atoms with Crippen LogP contribution in [-0.4, -0.2) is 28.1 Å². The van der Waals surface area contributed by atoms with Crippen molar-refractivity contribution >= 4 is 23.5 Å². The number of anilines is 1. The van der Waals surface area contributed by atoms with Crippen LogP contribution < -0.4 is 5.32 Å². The lowest BCUT2D eigenvalue weighted by atomic mass is 10.1. The van der Waals surface area contributed by atoms with Crippen molar-refractivity contribution in [2.24, 2.45) is 0 Å². The van der Waals surface area contributed by atoms with E-state index in [0.717, 1.165) is 5.56 Å². The molecular weight excluding hydrogens is 262 g/mol. The lowest BCUT2D eigenvalue weighted by molar-refractivity contribution is -0.137. The van der Waals surface area contributed by atoms with E-state index >= 15 is 0 Å². The number of nitrogens with one attached hydrogen (secondary N) is 1. The average Bonchev–Trinajstić information content (AvgIpc) is 2.34. The van der Waals surface area contributed by atoms with Crippen LogP contribution in [0.1, 0.15) is 41.6 Å². The van der Waals surface area contributed by atoms with E-state index in [1.54, 1.807) is 19.1 Å². The quantitative estimate of drug-likeness (QED) is 0.664. The molecule has 0 radical (unpaired) electrons. The van der Waals surface area contributed by atoms with Crippen molar-refractivity contribution in [3.8, 4) is 0 Å². The molecule has 0 saturated carbocycles. The van der Waals surface area contributed by atoms with E-state index in [9.17, 15) is 14.4 Å². The minimum absolute atomic E-state index is 0.0259. The van der Waals surface area contributed by atoms with Crippen LogP contribution in [0.25, 0.3) is 0 Å². The summed E-state index contributed by atoms with van der Waals surface area (Å²) in [4.78, 5) is 33.1. The van der Waals surface area contributed by atoms with Crippen LogP contribution in [0.4, 0.5) is 5.69 Å². The Labute approximate surface area is 116 Å². The third-order valence-corrected chi connectivity index (χ3v) is 2.72. The van der Waals surface area contributed by atoms with Gasteiger partial charge in [0, 0.05) is 12.8 Å². The molecular formula is C14H17NO5. The number of aromatic carboxylic acids is 1. The molecule has 1 rings (SSSR count). The Morgan fingerprint density at radius 2 is 1.75 bits per heavy atom. The molecule has 3 N–H and O–H groups in total. The summed E-state index contributed by atoms with van der Waals surface area (Å²) in [5.74, 6) is -2.31. The Kier molecular flexibility index (Phi) is 5.71. The minimum atomic E-state index is -1.11. The molecule has 0 unspecified atom stereocenters. The van der Waals surface area contributed by atoms with Gasteiger partial charge in [0.05, 0.1) is 11.3 Å². The van der Waals surface area contributed by atoms with E-state index in [1.165, 1.54) is 6.07 Å². The number of aryl methyl sites for hydroxylation is 1. The summed E-state index contributed by atoms with van der Waals surface area (Å²) in [6.45, 7) is 1.80. The Bertz CT molecular complexity index is 524. The van der Waals surface area contributed by atoms with E-state index in [4.69, 9.17) is 10.2 Å². The highest BCUT2D eigenvalue weighted by Gasteiger charge is 2.12. The Balaban J connectivity index is 2.59. The van der Waals surface area contributed by atoms with E-state index in [0.29, 0.717) is 12.8 Å². The number of unbranched alkanes of at least 4 members (excludes halogenated alkanes) is 1. The SMILES string of the molecule is Cc1ccc(C(=O)O)c(NC(=O)CCCCC(=O)O)c1. The van der Waals surface area contributed by atoms with Crippen LogP contribution in [-0.2, 0) is 9.59 Å². The molecule has 108 valence electrons. The number of carbonyl (C=O) groups is 3. The number of carboxylic acids is 2. The molecule has 0 heterocycles. The van der Waals surface area contributed by atoms with Crippen molar-refractivity contribution in [1.29, 1.82) is 0 Å². The van der Waals surface area contributed by atoms with Crippen molar-refractivity contribution in [3.05, 3.63) is 29.3 Å². The van der Waals surface area contributed by atoms with Crippen molar-refractivity contribution < 1.29 is 24.6 Å². The molecule has 20 heavy (non-hydrogen) atoms. The van der Waals surface area contributed by atoms with Crippen LogP contribution >= 0.6 is 0 Å². The van der Waals surface area contributed by atoms with Gasteiger partial charge in [0.1, 0.15) is 0 Å². The summed E-state index contributed by atoms with van der Waals surface area (Å²) in [6, 6.07) is 4.70. The number of aliphatic carboxylic acids is 1. The van der Waals surface area contributed by atoms with Gasteiger partial charge < -0.3 is 15.5 Å². The predicted molar refractivity (Wildman–Crippen MR) is 72.9 cm³/mol. The number of benzene rings is 1. The minimum Gasteiger partial charge on any atom is -0.481 e. The fraction of sp³-hybridized carbons (Fsp3) is 0.357. The predicted octanol–water partition coefficient (Wildman–Crippen LogP) is 2.28. The molecule has 1 aromatic carbocycles. The van der Waals surface area contributed by atoms with Gasteiger partial charge in [-0.15, -0.1) is 0 Å². The van der Waals surface area contributed by atoms with Crippen LogP contribution in [0.2, 0.25) is 0 Å². The Hall–Kier alpha value is -2.37. The van der Waals surface area contributed by atoms with Gasteiger partial charge in [0.2, 0.25) is 5.91 Å². The van der Waals surface area contributed by atoms with Crippen molar-refractivity contribution in [3.63, 3.8) is 0 Å². The number of hydrogen-bond donors (Lipinski definition) is 3. The van der Waals surface area contributed by atoms with Gasteiger partial charge >= 0.3 is 11.9 Å². The fourth-order valence-corrected chi connectivity index (χ4v) is 1.72. The summed E-state index contributed by atoms with van der Waals surface area (Å²) in [6.07, 6.45) is 1.06. The van der Waals surface area contributed by atoms with Gasteiger partial charge in [-0.05, 0) is 37.5 Å². The Morgan fingerprint density at radius 1 is 1.10 bits per heavy atom. The molecule has 0 atom stereocenters. The summed E-state index contributed by atoms with van der Waals surface area (Å²) in [5.41, 5.74) is 1.14. The fourth-order valence-electron chi connectivity index (χ4n) is 1.72. The summed E-state index contributed by atoms with van der Waals surface area (Å²) in [7, 11) is 0. The maximum absolute atomic E-state index is 11.7. The second kappa shape index (κ2) is 7.28. The maximum atomic E-state index is 11.7. The zero-order valence-electron chi connectivity index (χ0n) is 11.2. The molecule has 0 aliphatic rings. The first-order chi connectivity index (χ1) is 9.40. The molecule has 0 aliphatic heterocycles. The maximum Gasteiger partial charge on any atom is 0.337 e. The number of rotatable bonds is 7. The van der Waals surface area contributed by atoms with Crippen LogP contribution in [0.5, 0.6) is 0 Å². The molecule has 0 aliphatic carbocycles. The highest BCUT2D eigenvalue weighted by Crippen LogP contribution is 2.18. The first-order valence-electron chi connectivity index (χ1n) is 6.25. The highest BCUT2D eigenvalue weighted by molar-refractivity contribution is 6.00. The van der Waals surface area contributed by atoms with Crippen LogP contribution in [0.15, 0.2) is 18.2 Å². The van der Waals surface area contributed by atoms with Gasteiger partial charge in [-0.1, -0.05) is 6.07 Å².